The summed E-state index contributed by atoms with van der Waals surface area (Å²) in [5.41, 5.74) is 3.49. The summed E-state index contributed by atoms with van der Waals surface area (Å²) in [4.78, 5) is 30.3. The first-order chi connectivity index (χ1) is 17.7. The molecule has 1 saturated heterocycles. The summed E-state index contributed by atoms with van der Waals surface area (Å²) in [6.07, 6.45) is -0.0205. The van der Waals surface area contributed by atoms with Gasteiger partial charge in [0.1, 0.15) is 5.82 Å². The van der Waals surface area contributed by atoms with E-state index in [1.165, 1.54) is 4.90 Å². The molecule has 0 atom stereocenters. The number of hydrogen-bond donors (Lipinski definition) is 0. The molecule has 2 aliphatic rings. The van der Waals surface area contributed by atoms with Gasteiger partial charge < -0.3 is 0 Å². The molecule has 6 nitrogen and oxygen atoms in total. The zero-order valence-corrected chi connectivity index (χ0v) is 19.4. The van der Waals surface area contributed by atoms with Crippen LogP contribution in [0.25, 0.3) is 0 Å². The highest BCUT2D eigenvalue weighted by Crippen LogP contribution is 2.39. The smallest absolute Gasteiger partial charge is 0.265 e. The van der Waals surface area contributed by atoms with Crippen LogP contribution in [0.4, 0.5) is 17.1 Å². The summed E-state index contributed by atoms with van der Waals surface area (Å²) in [6.45, 7) is 0. The second-order valence-corrected chi connectivity index (χ2v) is 8.46. The van der Waals surface area contributed by atoms with Gasteiger partial charge in [0.25, 0.3) is 5.91 Å². The van der Waals surface area contributed by atoms with Crippen molar-refractivity contribution in [3.8, 4) is 0 Å². The Kier molecular flexibility index (Phi) is 5.39. The maximum atomic E-state index is 13.8. The molecule has 4 aromatic carbocycles. The molecule has 0 N–H and O–H groups in total. The quantitative estimate of drug-likeness (QED) is 0.290. The van der Waals surface area contributed by atoms with Gasteiger partial charge in [0.15, 0.2) is 5.84 Å². The molecule has 6 heteroatoms. The molecule has 4 aromatic rings. The van der Waals surface area contributed by atoms with E-state index in [9.17, 15) is 9.59 Å². The summed E-state index contributed by atoms with van der Waals surface area (Å²) < 4.78 is 0. The van der Waals surface area contributed by atoms with Crippen LogP contribution in [0.2, 0.25) is 0 Å². The van der Waals surface area contributed by atoms with Crippen molar-refractivity contribution in [1.29, 1.82) is 0 Å². The number of benzene rings is 4. The minimum absolute atomic E-state index is 0.0205. The summed E-state index contributed by atoms with van der Waals surface area (Å²) >= 11 is 0. The van der Waals surface area contributed by atoms with Crippen molar-refractivity contribution in [3.05, 3.63) is 138 Å². The van der Waals surface area contributed by atoms with Crippen LogP contribution in [0.5, 0.6) is 0 Å². The molecule has 0 bridgehead atoms. The molecular weight excluding hydrogens is 448 g/mol. The third-order valence-corrected chi connectivity index (χ3v) is 6.19. The molecule has 2 amide bonds. The maximum Gasteiger partial charge on any atom is 0.265 e. The molecule has 174 valence electrons. The van der Waals surface area contributed by atoms with Crippen molar-refractivity contribution >= 4 is 34.7 Å². The zero-order valence-electron chi connectivity index (χ0n) is 19.4. The molecule has 6 rings (SSSR count). The summed E-state index contributed by atoms with van der Waals surface area (Å²) in [5.74, 6) is 0.630. The van der Waals surface area contributed by atoms with E-state index in [1.54, 1.807) is 17.1 Å². The molecule has 2 heterocycles. The monoisotopic (exact) mass is 470 g/mol. The largest absolute Gasteiger partial charge is 0.277 e. The van der Waals surface area contributed by atoms with Crippen LogP contribution in [0, 0.1) is 0 Å². The second kappa shape index (κ2) is 9.00. The zero-order chi connectivity index (χ0) is 24.5. The number of hydrogen-bond acceptors (Lipinski definition) is 5. The Morgan fingerprint density at radius 1 is 0.556 bits per heavy atom. The number of rotatable bonds is 4. The number of amidine groups is 1. The van der Waals surface area contributed by atoms with Gasteiger partial charge in [-0.1, -0.05) is 84.9 Å². The van der Waals surface area contributed by atoms with Gasteiger partial charge in [-0.15, -0.1) is 5.10 Å². The molecule has 0 aliphatic carbocycles. The van der Waals surface area contributed by atoms with E-state index in [-0.39, 0.29) is 18.2 Å². The molecule has 36 heavy (non-hydrogen) atoms. The van der Waals surface area contributed by atoms with Crippen molar-refractivity contribution in [2.24, 2.45) is 5.10 Å². The van der Waals surface area contributed by atoms with Gasteiger partial charge in [0.2, 0.25) is 5.91 Å². The van der Waals surface area contributed by atoms with Crippen molar-refractivity contribution < 1.29 is 9.59 Å². The Morgan fingerprint density at radius 3 is 1.58 bits per heavy atom. The molecular formula is C30H22N4O2. The van der Waals surface area contributed by atoms with E-state index >= 15 is 0 Å². The van der Waals surface area contributed by atoms with Gasteiger partial charge in [0.05, 0.1) is 23.4 Å². The fourth-order valence-electron chi connectivity index (χ4n) is 4.56. The summed E-state index contributed by atoms with van der Waals surface area (Å²) in [6, 6.07) is 38.4. The minimum atomic E-state index is -0.340. The van der Waals surface area contributed by atoms with E-state index < -0.39 is 0 Å². The summed E-state index contributed by atoms with van der Waals surface area (Å²) in [5, 5.41) is 6.77. The van der Waals surface area contributed by atoms with Gasteiger partial charge in [0, 0.05) is 11.3 Å². The van der Waals surface area contributed by atoms with Crippen LogP contribution in [0.1, 0.15) is 12.0 Å². The third kappa shape index (κ3) is 3.65. The third-order valence-electron chi connectivity index (χ3n) is 6.19. The van der Waals surface area contributed by atoms with Gasteiger partial charge >= 0.3 is 0 Å². The molecule has 2 aliphatic heterocycles. The maximum absolute atomic E-state index is 13.8. The van der Waals surface area contributed by atoms with Gasteiger partial charge in [-0.05, 0) is 36.4 Å². The van der Waals surface area contributed by atoms with E-state index in [4.69, 9.17) is 5.10 Å². The topological polar surface area (TPSA) is 56.2 Å². The number of amides is 2. The Labute approximate surface area is 209 Å². The number of para-hydroxylation sites is 3. The predicted molar refractivity (Wildman–Crippen MR) is 141 cm³/mol. The van der Waals surface area contributed by atoms with E-state index in [0.29, 0.717) is 22.9 Å². The van der Waals surface area contributed by atoms with Gasteiger partial charge in [-0.25, -0.2) is 9.91 Å². The molecule has 0 radical (unpaired) electrons. The average molecular weight is 471 g/mol. The Hall–Kier alpha value is -4.97. The molecule has 0 unspecified atom stereocenters. The van der Waals surface area contributed by atoms with E-state index in [2.05, 4.69) is 0 Å². The van der Waals surface area contributed by atoms with E-state index in [1.807, 2.05) is 114 Å². The van der Waals surface area contributed by atoms with Crippen LogP contribution in [0.3, 0.4) is 0 Å². The molecule has 0 aromatic heterocycles. The Balaban J connectivity index is 1.58. The van der Waals surface area contributed by atoms with E-state index in [0.717, 1.165) is 16.9 Å². The minimum Gasteiger partial charge on any atom is -0.277 e. The highest BCUT2D eigenvalue weighted by Gasteiger charge is 2.43. The van der Waals surface area contributed by atoms with Crippen LogP contribution in [-0.2, 0) is 9.59 Å². The first-order valence-corrected chi connectivity index (χ1v) is 11.7. The van der Waals surface area contributed by atoms with Crippen LogP contribution in [0.15, 0.2) is 138 Å². The highest BCUT2D eigenvalue weighted by atomic mass is 16.2. The van der Waals surface area contributed by atoms with Crippen molar-refractivity contribution in [3.63, 3.8) is 0 Å². The number of hydrazone groups is 1. The van der Waals surface area contributed by atoms with Crippen molar-refractivity contribution in [2.75, 3.05) is 14.8 Å². The number of carbonyl (C=O) groups is 2. The first-order valence-electron chi connectivity index (χ1n) is 11.7. The molecule has 0 saturated carbocycles. The highest BCUT2D eigenvalue weighted by molar-refractivity contribution is 6.29. The summed E-state index contributed by atoms with van der Waals surface area (Å²) in [7, 11) is 0. The Bertz CT molecular complexity index is 1480. The number of carbonyl (C=O) groups excluding carboxylic acids is 2. The van der Waals surface area contributed by atoms with Crippen molar-refractivity contribution in [2.45, 2.75) is 6.42 Å². The molecule has 0 spiro atoms. The van der Waals surface area contributed by atoms with Crippen LogP contribution in [-0.4, -0.2) is 17.6 Å². The van der Waals surface area contributed by atoms with Gasteiger partial charge in [-0.2, -0.15) is 0 Å². The number of nitrogens with zero attached hydrogens (tertiary/aromatic N) is 4. The lowest BCUT2D eigenvalue weighted by molar-refractivity contribution is -0.120. The lowest BCUT2D eigenvalue weighted by Gasteiger charge is -2.26. The standard InChI is InChI=1S/C30H22N4O2/c35-27-21-26(30(36)32(27)23-15-7-2-8-16-23)29-33(24-17-9-3-10-18-24)28(22-13-5-1-6-14-22)31-34(29)25-19-11-4-12-20-25/h1-20H,21H2/b29-26-. The second-order valence-electron chi connectivity index (χ2n) is 8.46. The lowest BCUT2D eigenvalue weighted by atomic mass is 10.1. The fraction of sp³-hybridized carbons (Fsp3) is 0.0333. The fourth-order valence-corrected chi connectivity index (χ4v) is 4.56. The van der Waals surface area contributed by atoms with Crippen LogP contribution >= 0.6 is 0 Å². The number of anilines is 3. The normalized spacial score (nSPS) is 17.7. The lowest BCUT2D eigenvalue weighted by Crippen LogP contribution is -2.33. The number of imide groups is 1. The first kappa shape index (κ1) is 21.6. The van der Waals surface area contributed by atoms with Crippen molar-refractivity contribution in [1.82, 2.24) is 0 Å². The molecule has 1 fully saturated rings. The Morgan fingerprint density at radius 2 is 1.03 bits per heavy atom. The van der Waals surface area contributed by atoms with Crippen LogP contribution < -0.4 is 14.8 Å². The SMILES string of the molecule is O=C1C/C(=C2/N(c3ccccc3)N=C(c3ccccc3)N2c2ccccc2)C(=O)N1c1ccccc1. The van der Waals surface area contributed by atoms with Gasteiger partial charge in [-0.3, -0.25) is 14.5 Å². The predicted octanol–water partition coefficient (Wildman–Crippen LogP) is 5.55. The average Bonchev–Trinajstić information content (AvgIpc) is 3.47.